The van der Waals surface area contributed by atoms with Gasteiger partial charge in [-0.25, -0.2) is 0 Å². The molecule has 1 heterocycles. The van der Waals surface area contributed by atoms with E-state index in [2.05, 4.69) is 5.32 Å². The number of nitriles is 1. The molecule has 0 saturated heterocycles. The Morgan fingerprint density at radius 1 is 1.09 bits per heavy atom. The Morgan fingerprint density at radius 3 is 2.48 bits per heavy atom. The molecule has 0 unspecified atom stereocenters. The van der Waals surface area contributed by atoms with E-state index in [-0.39, 0.29) is 11.4 Å². The Hall–Kier alpha value is -3.03. The van der Waals surface area contributed by atoms with Crippen molar-refractivity contribution in [1.82, 2.24) is 0 Å². The van der Waals surface area contributed by atoms with E-state index >= 15 is 0 Å². The maximum atomic E-state index is 12.3. The lowest BCUT2D eigenvalue weighted by molar-refractivity contribution is 0.102. The van der Waals surface area contributed by atoms with Crippen molar-refractivity contribution in [3.8, 4) is 17.4 Å². The molecular formula is C18H11ClN2O2. The molecule has 3 aromatic rings. The van der Waals surface area contributed by atoms with Crippen LogP contribution in [0, 0.1) is 11.3 Å². The first-order valence-electron chi connectivity index (χ1n) is 6.84. The second-order valence-corrected chi connectivity index (χ2v) is 5.17. The maximum absolute atomic E-state index is 12.3. The highest BCUT2D eigenvalue weighted by Crippen LogP contribution is 2.29. The third-order valence-corrected chi connectivity index (χ3v) is 3.59. The van der Waals surface area contributed by atoms with Crippen molar-refractivity contribution in [3.63, 3.8) is 0 Å². The lowest BCUT2D eigenvalue weighted by Crippen LogP contribution is -2.12. The number of rotatable bonds is 3. The van der Waals surface area contributed by atoms with Gasteiger partial charge in [-0.15, -0.1) is 0 Å². The fourth-order valence-corrected chi connectivity index (χ4v) is 2.35. The van der Waals surface area contributed by atoms with Gasteiger partial charge in [0.15, 0.2) is 0 Å². The summed E-state index contributed by atoms with van der Waals surface area (Å²) in [7, 11) is 0. The Morgan fingerprint density at radius 2 is 1.78 bits per heavy atom. The number of anilines is 1. The average molecular weight is 323 g/mol. The van der Waals surface area contributed by atoms with E-state index in [0.29, 0.717) is 16.3 Å². The lowest BCUT2D eigenvalue weighted by Gasteiger charge is -2.04. The van der Waals surface area contributed by atoms with Crippen LogP contribution in [0.2, 0.25) is 5.02 Å². The summed E-state index contributed by atoms with van der Waals surface area (Å²) in [5.74, 6) is 0.189. The van der Waals surface area contributed by atoms with Gasteiger partial charge in [0, 0.05) is 11.6 Å². The van der Waals surface area contributed by atoms with Crippen LogP contribution in [-0.2, 0) is 0 Å². The molecule has 0 fully saturated rings. The Balaban J connectivity index is 1.92. The van der Waals surface area contributed by atoms with Crippen LogP contribution in [0.15, 0.2) is 65.1 Å². The van der Waals surface area contributed by atoms with E-state index in [1.807, 2.05) is 36.4 Å². The maximum Gasteiger partial charge on any atom is 0.259 e. The summed E-state index contributed by atoms with van der Waals surface area (Å²) in [6.45, 7) is 0. The normalized spacial score (nSPS) is 10.1. The summed E-state index contributed by atoms with van der Waals surface area (Å²) in [6, 6.07) is 19.6. The zero-order valence-electron chi connectivity index (χ0n) is 11.9. The average Bonchev–Trinajstić information content (AvgIpc) is 2.99. The Bertz CT molecular complexity index is 895. The summed E-state index contributed by atoms with van der Waals surface area (Å²) in [5, 5.41) is 12.2. The van der Waals surface area contributed by atoms with E-state index in [1.54, 1.807) is 30.3 Å². The van der Waals surface area contributed by atoms with Crippen LogP contribution in [-0.4, -0.2) is 5.91 Å². The van der Waals surface area contributed by atoms with Crippen LogP contribution >= 0.6 is 11.6 Å². The molecule has 1 amide bonds. The third-order valence-electron chi connectivity index (χ3n) is 3.26. The van der Waals surface area contributed by atoms with Crippen LogP contribution in [0.3, 0.4) is 0 Å². The number of carbonyl (C=O) groups excluding carboxylic acids is 1. The molecule has 0 bridgehead atoms. The quantitative estimate of drug-likeness (QED) is 0.758. The zero-order valence-corrected chi connectivity index (χ0v) is 12.7. The van der Waals surface area contributed by atoms with Crippen molar-refractivity contribution in [2.24, 2.45) is 0 Å². The van der Waals surface area contributed by atoms with Crippen LogP contribution < -0.4 is 5.32 Å². The first-order chi connectivity index (χ1) is 11.2. The number of hydrogen-bond acceptors (Lipinski definition) is 3. The SMILES string of the molecule is N#Cc1cc(-c2ccccc2)oc1NC(=O)c1ccccc1Cl. The highest BCUT2D eigenvalue weighted by atomic mass is 35.5. The molecule has 23 heavy (non-hydrogen) atoms. The van der Waals surface area contributed by atoms with Crippen molar-refractivity contribution in [2.75, 3.05) is 5.32 Å². The molecule has 2 aromatic carbocycles. The first kappa shape index (κ1) is 14.9. The monoisotopic (exact) mass is 322 g/mol. The second kappa shape index (κ2) is 6.39. The molecule has 0 radical (unpaired) electrons. The lowest BCUT2D eigenvalue weighted by atomic mass is 10.1. The van der Waals surface area contributed by atoms with Gasteiger partial charge in [0.1, 0.15) is 17.4 Å². The van der Waals surface area contributed by atoms with Crippen molar-refractivity contribution >= 4 is 23.4 Å². The number of hydrogen-bond donors (Lipinski definition) is 1. The predicted molar refractivity (Wildman–Crippen MR) is 88.3 cm³/mol. The van der Waals surface area contributed by atoms with E-state index in [0.717, 1.165) is 5.56 Å². The molecular weight excluding hydrogens is 312 g/mol. The summed E-state index contributed by atoms with van der Waals surface area (Å²) in [5.41, 5.74) is 1.39. The molecule has 112 valence electrons. The number of halogens is 1. The molecule has 0 spiro atoms. The summed E-state index contributed by atoms with van der Waals surface area (Å²) in [6.07, 6.45) is 0. The smallest absolute Gasteiger partial charge is 0.259 e. The van der Waals surface area contributed by atoms with Crippen LogP contribution in [0.25, 0.3) is 11.3 Å². The zero-order chi connectivity index (χ0) is 16.2. The summed E-state index contributed by atoms with van der Waals surface area (Å²) < 4.78 is 5.63. The molecule has 5 heteroatoms. The predicted octanol–water partition coefficient (Wildman–Crippen LogP) is 4.72. The summed E-state index contributed by atoms with van der Waals surface area (Å²) >= 11 is 6.00. The fraction of sp³-hybridized carbons (Fsp3) is 0. The molecule has 1 N–H and O–H groups in total. The van der Waals surface area contributed by atoms with Crippen LogP contribution in [0.4, 0.5) is 5.88 Å². The van der Waals surface area contributed by atoms with Gasteiger partial charge in [-0.1, -0.05) is 54.1 Å². The highest BCUT2D eigenvalue weighted by molar-refractivity contribution is 6.34. The van der Waals surface area contributed by atoms with Crippen molar-refractivity contribution in [1.29, 1.82) is 5.26 Å². The number of benzene rings is 2. The minimum absolute atomic E-state index is 0.108. The molecule has 0 aliphatic carbocycles. The molecule has 0 aliphatic rings. The van der Waals surface area contributed by atoms with E-state index < -0.39 is 5.91 Å². The largest absolute Gasteiger partial charge is 0.439 e. The van der Waals surface area contributed by atoms with Gasteiger partial charge in [-0.05, 0) is 12.1 Å². The molecule has 4 nitrogen and oxygen atoms in total. The number of nitrogens with zero attached hydrogens (tertiary/aromatic N) is 1. The second-order valence-electron chi connectivity index (χ2n) is 4.77. The van der Waals surface area contributed by atoms with Gasteiger partial charge in [0.2, 0.25) is 5.88 Å². The van der Waals surface area contributed by atoms with Crippen LogP contribution in [0.1, 0.15) is 15.9 Å². The minimum atomic E-state index is -0.430. The standard InChI is InChI=1S/C18H11ClN2O2/c19-15-9-5-4-8-14(15)17(22)21-18-13(11-20)10-16(23-18)12-6-2-1-3-7-12/h1-10H,(H,21,22). The topological polar surface area (TPSA) is 66.0 Å². The van der Waals surface area contributed by atoms with Crippen molar-refractivity contribution in [3.05, 3.63) is 76.8 Å². The van der Waals surface area contributed by atoms with E-state index in [1.165, 1.54) is 0 Å². The number of carbonyl (C=O) groups is 1. The molecule has 0 atom stereocenters. The Kier molecular flexibility index (Phi) is 4.13. The van der Waals surface area contributed by atoms with Gasteiger partial charge in [0.25, 0.3) is 5.91 Å². The number of nitrogens with one attached hydrogen (secondary N) is 1. The fourth-order valence-electron chi connectivity index (χ4n) is 2.13. The number of furan rings is 1. The van der Waals surface area contributed by atoms with Crippen LogP contribution in [0.5, 0.6) is 0 Å². The molecule has 1 aromatic heterocycles. The minimum Gasteiger partial charge on any atom is -0.439 e. The third kappa shape index (κ3) is 3.10. The summed E-state index contributed by atoms with van der Waals surface area (Å²) in [4.78, 5) is 12.3. The van der Waals surface area contributed by atoms with Gasteiger partial charge in [0.05, 0.1) is 10.6 Å². The van der Waals surface area contributed by atoms with Crippen molar-refractivity contribution < 1.29 is 9.21 Å². The first-order valence-corrected chi connectivity index (χ1v) is 7.22. The van der Waals surface area contributed by atoms with Crippen molar-refractivity contribution in [2.45, 2.75) is 0 Å². The molecule has 0 saturated carbocycles. The molecule has 3 rings (SSSR count). The number of amides is 1. The van der Waals surface area contributed by atoms with Gasteiger partial charge >= 0.3 is 0 Å². The van der Waals surface area contributed by atoms with E-state index in [4.69, 9.17) is 16.0 Å². The Labute approximate surface area is 137 Å². The molecule has 0 aliphatic heterocycles. The highest BCUT2D eigenvalue weighted by Gasteiger charge is 2.17. The van der Waals surface area contributed by atoms with E-state index in [9.17, 15) is 10.1 Å². The van der Waals surface area contributed by atoms with Gasteiger partial charge in [-0.3, -0.25) is 10.1 Å². The van der Waals surface area contributed by atoms with Gasteiger partial charge in [-0.2, -0.15) is 5.26 Å². The van der Waals surface area contributed by atoms with Gasteiger partial charge < -0.3 is 4.42 Å².